The van der Waals surface area contributed by atoms with Crippen molar-refractivity contribution in [3.8, 4) is 0 Å². The monoisotopic (exact) mass is 509 g/mol. The van der Waals surface area contributed by atoms with E-state index >= 15 is 0 Å². The summed E-state index contributed by atoms with van der Waals surface area (Å²) in [6.45, 7) is 7.26. The predicted molar refractivity (Wildman–Crippen MR) is 145 cm³/mol. The molecule has 36 heavy (non-hydrogen) atoms. The lowest BCUT2D eigenvalue weighted by atomic mass is 10.1. The van der Waals surface area contributed by atoms with Gasteiger partial charge in [-0.2, -0.15) is 0 Å². The van der Waals surface area contributed by atoms with Crippen LogP contribution in [0.1, 0.15) is 39.7 Å². The number of nitrogens with one attached hydrogen (secondary N) is 1. The topological polar surface area (TPSA) is 86.8 Å². The molecule has 8 heteroatoms. The van der Waals surface area contributed by atoms with E-state index in [0.29, 0.717) is 12.1 Å². The van der Waals surface area contributed by atoms with Crippen molar-refractivity contribution in [3.63, 3.8) is 0 Å². The summed E-state index contributed by atoms with van der Waals surface area (Å²) in [6, 6.07) is 21.4. The second kappa shape index (κ2) is 11.1. The molecule has 0 saturated carbocycles. The second-order valence-corrected chi connectivity index (χ2v) is 11.8. The van der Waals surface area contributed by atoms with Crippen LogP contribution in [0.4, 0.5) is 5.69 Å². The molecule has 0 radical (unpaired) electrons. The van der Waals surface area contributed by atoms with Crippen molar-refractivity contribution in [1.82, 2.24) is 10.2 Å². The molecule has 0 aliphatic heterocycles. The number of carbonyl (C=O) groups excluding carboxylic acids is 2. The number of anilines is 1. The zero-order valence-corrected chi connectivity index (χ0v) is 22.4. The molecule has 3 aromatic rings. The number of carbonyl (C=O) groups is 2. The first-order chi connectivity index (χ1) is 16.9. The van der Waals surface area contributed by atoms with Gasteiger partial charge in [-0.05, 0) is 44.2 Å². The Morgan fingerprint density at radius 2 is 1.53 bits per heavy atom. The van der Waals surface area contributed by atoms with Crippen LogP contribution >= 0.6 is 0 Å². The molecular weight excluding hydrogens is 474 g/mol. The Morgan fingerprint density at radius 1 is 0.917 bits per heavy atom. The average molecular weight is 510 g/mol. The van der Waals surface area contributed by atoms with Crippen molar-refractivity contribution < 1.29 is 18.0 Å². The summed E-state index contributed by atoms with van der Waals surface area (Å²) in [5.41, 5.74) is 0.799. The molecule has 7 nitrogen and oxygen atoms in total. The Morgan fingerprint density at radius 3 is 2.14 bits per heavy atom. The van der Waals surface area contributed by atoms with Gasteiger partial charge < -0.3 is 10.2 Å². The molecule has 2 amide bonds. The molecule has 1 N–H and O–H groups in total. The average Bonchev–Trinajstić information content (AvgIpc) is 2.81. The molecule has 0 unspecified atom stereocenters. The minimum atomic E-state index is -3.81. The highest BCUT2D eigenvalue weighted by Gasteiger charge is 2.33. The Bertz CT molecular complexity index is 1310. The van der Waals surface area contributed by atoms with Crippen LogP contribution in [-0.2, 0) is 26.2 Å². The minimum Gasteiger partial charge on any atom is -0.350 e. The molecule has 0 aliphatic rings. The highest BCUT2D eigenvalue weighted by molar-refractivity contribution is 7.92. The van der Waals surface area contributed by atoms with Gasteiger partial charge in [0.1, 0.15) is 12.6 Å². The highest BCUT2D eigenvalue weighted by Crippen LogP contribution is 2.29. The quantitative estimate of drug-likeness (QED) is 0.465. The first-order valence-electron chi connectivity index (χ1n) is 12.0. The van der Waals surface area contributed by atoms with Gasteiger partial charge in [-0.15, -0.1) is 0 Å². The summed E-state index contributed by atoms with van der Waals surface area (Å²) in [6.07, 6.45) is 1.47. The van der Waals surface area contributed by atoms with Gasteiger partial charge in [0.15, 0.2) is 0 Å². The lowest BCUT2D eigenvalue weighted by Gasteiger charge is -2.34. The lowest BCUT2D eigenvalue weighted by Crippen LogP contribution is -2.55. The number of hydrogen-bond acceptors (Lipinski definition) is 4. The van der Waals surface area contributed by atoms with Crippen molar-refractivity contribution >= 4 is 38.3 Å². The first-order valence-corrected chi connectivity index (χ1v) is 13.9. The largest absolute Gasteiger partial charge is 0.350 e. The number of hydrogen-bond donors (Lipinski definition) is 1. The van der Waals surface area contributed by atoms with Crippen molar-refractivity contribution in [2.24, 2.45) is 0 Å². The van der Waals surface area contributed by atoms with Crippen LogP contribution in [0, 0.1) is 0 Å². The van der Waals surface area contributed by atoms with Crippen LogP contribution < -0.4 is 9.62 Å². The number of rotatable bonds is 9. The van der Waals surface area contributed by atoms with Gasteiger partial charge in [0.25, 0.3) is 0 Å². The Kier molecular flexibility index (Phi) is 8.40. The molecule has 0 aliphatic carbocycles. The fourth-order valence-corrected chi connectivity index (χ4v) is 5.03. The zero-order valence-electron chi connectivity index (χ0n) is 21.6. The van der Waals surface area contributed by atoms with E-state index in [-0.39, 0.29) is 12.5 Å². The Labute approximate surface area is 214 Å². The predicted octanol–water partition coefficient (Wildman–Crippen LogP) is 4.33. The van der Waals surface area contributed by atoms with Crippen molar-refractivity contribution in [1.29, 1.82) is 0 Å². The Balaban J connectivity index is 2.02. The van der Waals surface area contributed by atoms with Crippen molar-refractivity contribution in [3.05, 3.63) is 78.4 Å². The van der Waals surface area contributed by atoms with E-state index in [2.05, 4.69) is 5.32 Å². The van der Waals surface area contributed by atoms with E-state index in [9.17, 15) is 18.0 Å². The second-order valence-electron chi connectivity index (χ2n) is 9.94. The smallest absolute Gasteiger partial charge is 0.244 e. The normalized spacial score (nSPS) is 12.7. The maximum Gasteiger partial charge on any atom is 0.244 e. The van der Waals surface area contributed by atoms with Gasteiger partial charge in [0.05, 0.1) is 11.9 Å². The van der Waals surface area contributed by atoms with E-state index < -0.39 is 34.1 Å². The SMILES string of the molecule is CC[C@@H](C(=O)NC(C)(C)C)N(Cc1ccccc1)C(=O)CN(c1cccc2ccccc12)S(C)(=O)=O. The van der Waals surface area contributed by atoms with Gasteiger partial charge in [-0.25, -0.2) is 8.42 Å². The molecule has 3 aromatic carbocycles. The third-order valence-corrected chi connectivity index (χ3v) is 6.92. The van der Waals surface area contributed by atoms with E-state index in [0.717, 1.165) is 26.9 Å². The van der Waals surface area contributed by atoms with E-state index in [1.807, 2.05) is 88.4 Å². The third-order valence-electron chi connectivity index (χ3n) is 5.79. The standard InChI is InChI=1S/C28H35N3O4S/c1-6-24(27(33)29-28(2,3)4)30(19-21-13-8-7-9-14-21)26(32)20-31(36(5,34)35)25-18-12-16-22-15-10-11-17-23(22)25/h7-18,24H,6,19-20H2,1-5H3,(H,29,33)/t24-/m0/s1. The van der Waals surface area contributed by atoms with Crippen LogP contribution in [0.2, 0.25) is 0 Å². The summed E-state index contributed by atoms with van der Waals surface area (Å²) >= 11 is 0. The summed E-state index contributed by atoms with van der Waals surface area (Å²) in [5.74, 6) is -0.724. The van der Waals surface area contributed by atoms with Crippen LogP contribution in [0.5, 0.6) is 0 Å². The van der Waals surface area contributed by atoms with Crippen LogP contribution in [0.15, 0.2) is 72.8 Å². The molecule has 0 heterocycles. The summed E-state index contributed by atoms with van der Waals surface area (Å²) in [7, 11) is -3.81. The fraction of sp³-hybridized carbons (Fsp3) is 0.357. The maximum atomic E-state index is 13.8. The number of fused-ring (bicyclic) bond motifs is 1. The molecule has 0 saturated heterocycles. The molecule has 1 atom stereocenters. The first kappa shape index (κ1) is 27.2. The van der Waals surface area contributed by atoms with E-state index in [1.165, 1.54) is 4.90 Å². The van der Waals surface area contributed by atoms with Gasteiger partial charge in [-0.3, -0.25) is 13.9 Å². The summed E-state index contributed by atoms with van der Waals surface area (Å²) in [4.78, 5) is 28.5. The van der Waals surface area contributed by atoms with Crippen molar-refractivity contribution in [2.45, 2.75) is 52.2 Å². The number of sulfonamides is 1. The lowest BCUT2D eigenvalue weighted by molar-refractivity contribution is -0.141. The minimum absolute atomic E-state index is 0.183. The summed E-state index contributed by atoms with van der Waals surface area (Å²) < 4.78 is 27.0. The van der Waals surface area contributed by atoms with Crippen molar-refractivity contribution in [2.75, 3.05) is 17.1 Å². The molecule has 0 bridgehead atoms. The molecule has 3 rings (SSSR count). The van der Waals surface area contributed by atoms with Gasteiger partial charge in [0, 0.05) is 17.5 Å². The zero-order chi connectivity index (χ0) is 26.5. The summed E-state index contributed by atoms with van der Waals surface area (Å²) in [5, 5.41) is 4.56. The van der Waals surface area contributed by atoms with Gasteiger partial charge in [-0.1, -0.05) is 73.7 Å². The van der Waals surface area contributed by atoms with Gasteiger partial charge >= 0.3 is 0 Å². The van der Waals surface area contributed by atoms with E-state index in [4.69, 9.17) is 0 Å². The van der Waals surface area contributed by atoms with Crippen LogP contribution in [0.3, 0.4) is 0 Å². The van der Waals surface area contributed by atoms with E-state index in [1.54, 1.807) is 12.1 Å². The number of benzene rings is 3. The molecule has 0 fully saturated rings. The molecule has 192 valence electrons. The van der Waals surface area contributed by atoms with Gasteiger partial charge in [0.2, 0.25) is 21.8 Å². The molecule has 0 spiro atoms. The van der Waals surface area contributed by atoms with Crippen LogP contribution in [-0.4, -0.2) is 49.5 Å². The number of nitrogens with zero attached hydrogens (tertiary/aromatic N) is 2. The Hall–Kier alpha value is -3.39. The maximum absolute atomic E-state index is 13.8. The third kappa shape index (κ3) is 6.85. The molecular formula is C28H35N3O4S. The highest BCUT2D eigenvalue weighted by atomic mass is 32.2. The molecule has 0 aromatic heterocycles. The fourth-order valence-electron chi connectivity index (χ4n) is 4.17. The number of amides is 2. The van der Waals surface area contributed by atoms with Crippen LogP contribution in [0.25, 0.3) is 10.8 Å².